The highest BCUT2D eigenvalue weighted by Gasteiger charge is 2.21. The van der Waals surface area contributed by atoms with Crippen molar-refractivity contribution >= 4 is 17.7 Å². The molecule has 0 bridgehead atoms. The number of benzene rings is 2. The van der Waals surface area contributed by atoms with Crippen LogP contribution >= 0.6 is 11.8 Å². The summed E-state index contributed by atoms with van der Waals surface area (Å²) in [5.74, 6) is 0.767. The number of hydrogen-bond acceptors (Lipinski definition) is 4. The van der Waals surface area contributed by atoms with E-state index in [1.807, 2.05) is 53.6 Å². The Bertz CT molecular complexity index is 1000. The third-order valence-corrected chi connectivity index (χ3v) is 5.80. The molecule has 164 valence electrons. The Balaban J connectivity index is 1.78. The minimum absolute atomic E-state index is 0.0374. The van der Waals surface area contributed by atoms with Crippen LogP contribution < -0.4 is 0 Å². The Labute approximate surface area is 187 Å². The van der Waals surface area contributed by atoms with Gasteiger partial charge in [-0.2, -0.15) is 0 Å². The average molecular weight is 441 g/mol. The van der Waals surface area contributed by atoms with E-state index >= 15 is 0 Å². The molecule has 3 rings (SSSR count). The van der Waals surface area contributed by atoms with Crippen molar-refractivity contribution in [1.82, 2.24) is 19.7 Å². The fraction of sp³-hybridized carbons (Fsp3) is 0.375. The van der Waals surface area contributed by atoms with Gasteiger partial charge in [0.2, 0.25) is 5.91 Å². The van der Waals surface area contributed by atoms with Gasteiger partial charge in [-0.15, -0.1) is 10.2 Å². The molecule has 0 saturated carbocycles. The summed E-state index contributed by atoms with van der Waals surface area (Å²) >= 11 is 1.35. The maximum atomic E-state index is 14.4. The number of nitrogens with zero attached hydrogens (tertiary/aromatic N) is 4. The Morgan fingerprint density at radius 2 is 1.71 bits per heavy atom. The average Bonchev–Trinajstić information content (AvgIpc) is 3.12. The van der Waals surface area contributed by atoms with E-state index in [1.165, 1.54) is 17.8 Å². The number of carbonyl (C=O) groups is 1. The molecule has 7 heteroatoms. The number of aromatic nitrogens is 3. The standard InChI is InChI=1S/C24H29FN4OS/c1-17(2)14-29-23(20-12-8-9-13-21(20)25)26-27-24(29)31-16-22(30)28(18(3)4)15-19-10-6-5-7-11-19/h5-13,17-18H,14-16H2,1-4H3. The van der Waals surface area contributed by atoms with Gasteiger partial charge in [0.25, 0.3) is 0 Å². The minimum atomic E-state index is -0.332. The molecule has 0 saturated heterocycles. The molecule has 1 aromatic heterocycles. The highest BCUT2D eigenvalue weighted by Crippen LogP contribution is 2.27. The monoisotopic (exact) mass is 440 g/mol. The van der Waals surface area contributed by atoms with E-state index in [0.29, 0.717) is 35.6 Å². The van der Waals surface area contributed by atoms with Gasteiger partial charge in [-0.1, -0.05) is 68.1 Å². The van der Waals surface area contributed by atoms with E-state index in [2.05, 4.69) is 24.0 Å². The first-order chi connectivity index (χ1) is 14.9. The van der Waals surface area contributed by atoms with Crippen molar-refractivity contribution in [2.75, 3.05) is 5.75 Å². The van der Waals surface area contributed by atoms with Gasteiger partial charge < -0.3 is 9.47 Å². The maximum absolute atomic E-state index is 14.4. The smallest absolute Gasteiger partial charge is 0.233 e. The molecular formula is C24H29FN4OS. The maximum Gasteiger partial charge on any atom is 0.233 e. The second-order valence-corrected chi connectivity index (χ2v) is 9.12. The highest BCUT2D eigenvalue weighted by atomic mass is 32.2. The van der Waals surface area contributed by atoms with Gasteiger partial charge in [-0.05, 0) is 37.5 Å². The van der Waals surface area contributed by atoms with Gasteiger partial charge in [0.1, 0.15) is 5.82 Å². The number of carbonyl (C=O) groups excluding carboxylic acids is 1. The molecule has 3 aromatic rings. The van der Waals surface area contributed by atoms with E-state index in [-0.39, 0.29) is 23.5 Å². The fourth-order valence-corrected chi connectivity index (χ4v) is 4.15. The van der Waals surface area contributed by atoms with E-state index in [4.69, 9.17) is 0 Å². The predicted molar refractivity (Wildman–Crippen MR) is 123 cm³/mol. The third kappa shape index (κ3) is 5.94. The van der Waals surface area contributed by atoms with Crippen molar-refractivity contribution < 1.29 is 9.18 Å². The summed E-state index contributed by atoms with van der Waals surface area (Å²) in [6.45, 7) is 9.42. The second kappa shape index (κ2) is 10.6. The molecule has 0 aliphatic heterocycles. The molecule has 0 spiro atoms. The molecule has 1 heterocycles. The lowest BCUT2D eigenvalue weighted by atomic mass is 10.2. The van der Waals surface area contributed by atoms with Gasteiger partial charge in [0.05, 0.1) is 11.3 Å². The van der Waals surface area contributed by atoms with Crippen molar-refractivity contribution in [3.05, 3.63) is 66.0 Å². The Hall–Kier alpha value is -2.67. The summed E-state index contributed by atoms with van der Waals surface area (Å²) in [4.78, 5) is 14.9. The van der Waals surface area contributed by atoms with Crippen molar-refractivity contribution in [3.8, 4) is 11.4 Å². The van der Waals surface area contributed by atoms with Crippen molar-refractivity contribution in [2.45, 2.75) is 52.0 Å². The van der Waals surface area contributed by atoms with Crippen LogP contribution in [0.3, 0.4) is 0 Å². The lowest BCUT2D eigenvalue weighted by Crippen LogP contribution is -2.37. The van der Waals surface area contributed by atoms with E-state index in [1.54, 1.807) is 18.2 Å². The fourth-order valence-electron chi connectivity index (χ4n) is 3.32. The van der Waals surface area contributed by atoms with Gasteiger partial charge in [-0.25, -0.2) is 4.39 Å². The first-order valence-corrected chi connectivity index (χ1v) is 11.5. The number of rotatable bonds is 9. The van der Waals surface area contributed by atoms with E-state index < -0.39 is 0 Å². The zero-order valence-corrected chi connectivity index (χ0v) is 19.3. The van der Waals surface area contributed by atoms with Crippen LogP contribution in [-0.2, 0) is 17.9 Å². The largest absolute Gasteiger partial charge is 0.335 e. The molecule has 2 aromatic carbocycles. The van der Waals surface area contributed by atoms with Crippen LogP contribution in [0.15, 0.2) is 59.8 Å². The first kappa shape index (κ1) is 23.0. The Morgan fingerprint density at radius 1 is 1.03 bits per heavy atom. The van der Waals surface area contributed by atoms with Crippen molar-refractivity contribution in [2.24, 2.45) is 5.92 Å². The van der Waals surface area contributed by atoms with Gasteiger partial charge in [0, 0.05) is 19.1 Å². The Morgan fingerprint density at radius 3 is 2.35 bits per heavy atom. The normalized spacial score (nSPS) is 11.3. The SMILES string of the molecule is CC(C)Cn1c(SCC(=O)N(Cc2ccccc2)C(C)C)nnc1-c1ccccc1F. The molecule has 0 aliphatic rings. The molecule has 1 amide bonds. The molecular weight excluding hydrogens is 411 g/mol. The van der Waals surface area contributed by atoms with Gasteiger partial charge in [-0.3, -0.25) is 4.79 Å². The third-order valence-electron chi connectivity index (χ3n) is 4.84. The highest BCUT2D eigenvalue weighted by molar-refractivity contribution is 7.99. The van der Waals surface area contributed by atoms with Crippen molar-refractivity contribution in [1.29, 1.82) is 0 Å². The molecule has 5 nitrogen and oxygen atoms in total. The Kier molecular flexibility index (Phi) is 7.85. The summed E-state index contributed by atoms with van der Waals surface area (Å²) in [6.07, 6.45) is 0. The molecule has 0 fully saturated rings. The summed E-state index contributed by atoms with van der Waals surface area (Å²) < 4.78 is 16.3. The topological polar surface area (TPSA) is 51.0 Å². The molecule has 0 aliphatic carbocycles. The lowest BCUT2D eigenvalue weighted by molar-refractivity contribution is -0.130. The van der Waals surface area contributed by atoms with Crippen LogP contribution in [0.2, 0.25) is 0 Å². The van der Waals surface area contributed by atoms with Crippen LogP contribution in [0.4, 0.5) is 4.39 Å². The molecule has 31 heavy (non-hydrogen) atoms. The first-order valence-electron chi connectivity index (χ1n) is 10.5. The summed E-state index contributed by atoms with van der Waals surface area (Å²) in [7, 11) is 0. The number of halogens is 1. The van der Waals surface area contributed by atoms with Crippen LogP contribution in [0.25, 0.3) is 11.4 Å². The summed E-state index contributed by atoms with van der Waals surface area (Å²) in [5.41, 5.74) is 1.51. The lowest BCUT2D eigenvalue weighted by Gasteiger charge is -2.27. The predicted octanol–water partition coefficient (Wildman–Crippen LogP) is 5.27. The summed E-state index contributed by atoms with van der Waals surface area (Å²) in [6, 6.07) is 16.6. The van der Waals surface area contributed by atoms with Crippen LogP contribution in [0.5, 0.6) is 0 Å². The van der Waals surface area contributed by atoms with Gasteiger partial charge >= 0.3 is 0 Å². The van der Waals surface area contributed by atoms with Crippen molar-refractivity contribution in [3.63, 3.8) is 0 Å². The quantitative estimate of drug-likeness (QED) is 0.425. The van der Waals surface area contributed by atoms with E-state index in [0.717, 1.165) is 5.56 Å². The molecule has 0 atom stereocenters. The minimum Gasteiger partial charge on any atom is -0.335 e. The number of amides is 1. The van der Waals surface area contributed by atoms with E-state index in [9.17, 15) is 9.18 Å². The molecule has 0 unspecified atom stereocenters. The number of thioether (sulfide) groups is 1. The van der Waals surface area contributed by atoms with Crippen LogP contribution in [-0.4, -0.2) is 37.4 Å². The zero-order chi connectivity index (χ0) is 22.4. The van der Waals surface area contributed by atoms with Crippen LogP contribution in [0.1, 0.15) is 33.3 Å². The number of hydrogen-bond donors (Lipinski definition) is 0. The second-order valence-electron chi connectivity index (χ2n) is 8.18. The molecule has 0 radical (unpaired) electrons. The summed E-state index contributed by atoms with van der Waals surface area (Å²) in [5, 5.41) is 9.17. The molecule has 0 N–H and O–H groups in total. The van der Waals surface area contributed by atoms with Gasteiger partial charge in [0.15, 0.2) is 11.0 Å². The zero-order valence-electron chi connectivity index (χ0n) is 18.5. The van der Waals surface area contributed by atoms with Crippen LogP contribution in [0, 0.1) is 11.7 Å².